The Morgan fingerprint density at radius 1 is 1.18 bits per heavy atom. The summed E-state index contributed by atoms with van der Waals surface area (Å²) in [6.45, 7) is 1.22. The van der Waals surface area contributed by atoms with Gasteiger partial charge in [0.2, 0.25) is 0 Å². The Morgan fingerprint density at radius 2 is 1.82 bits per heavy atom. The molecule has 1 fully saturated rings. The van der Waals surface area contributed by atoms with Crippen LogP contribution in [0.4, 0.5) is 0 Å². The van der Waals surface area contributed by atoms with Crippen molar-refractivity contribution in [2.45, 2.75) is 51.4 Å². The number of hydrogen-bond donors (Lipinski definition) is 1. The summed E-state index contributed by atoms with van der Waals surface area (Å²) in [5.41, 5.74) is 0. The van der Waals surface area contributed by atoms with Crippen LogP contribution >= 0.6 is 0 Å². The van der Waals surface area contributed by atoms with E-state index in [9.17, 15) is 4.79 Å². The van der Waals surface area contributed by atoms with Gasteiger partial charge in [-0.3, -0.25) is 0 Å². The Kier molecular flexibility index (Phi) is 5.96. The van der Waals surface area contributed by atoms with Crippen molar-refractivity contribution in [3.63, 3.8) is 0 Å². The van der Waals surface area contributed by atoms with E-state index >= 15 is 0 Å². The molecule has 3 heteroatoms. The predicted octanol–water partition coefficient (Wildman–Crippen LogP) is 2.90. The van der Waals surface area contributed by atoms with Crippen LogP contribution in [-0.2, 0) is 4.79 Å². The third-order valence-corrected chi connectivity index (χ3v) is 3.91. The molecule has 3 nitrogen and oxygen atoms in total. The third kappa shape index (κ3) is 6.67. The van der Waals surface area contributed by atoms with Crippen LogP contribution in [0.15, 0.2) is 0 Å². The molecule has 0 heterocycles. The van der Waals surface area contributed by atoms with E-state index in [2.05, 4.69) is 0 Å². The molecule has 0 spiro atoms. The summed E-state index contributed by atoms with van der Waals surface area (Å²) in [5.74, 6) is 0.265. The van der Waals surface area contributed by atoms with E-state index in [1.807, 2.05) is 14.1 Å². The Labute approximate surface area is 105 Å². The van der Waals surface area contributed by atoms with Crippen LogP contribution in [0.1, 0.15) is 51.4 Å². The Morgan fingerprint density at radius 3 is 2.41 bits per heavy atom. The summed E-state index contributed by atoms with van der Waals surface area (Å²) in [6, 6.07) is 0. The van der Waals surface area contributed by atoms with Crippen LogP contribution in [0.25, 0.3) is 0 Å². The highest BCUT2D eigenvalue weighted by molar-refractivity contribution is 5.67. The van der Waals surface area contributed by atoms with Crippen molar-refractivity contribution < 1.29 is 14.4 Å². The van der Waals surface area contributed by atoms with Crippen LogP contribution < -0.4 is 0 Å². The summed E-state index contributed by atoms with van der Waals surface area (Å²) in [6.07, 6.45) is 10.9. The fraction of sp³-hybridized carbons (Fsp3) is 0.929. The lowest BCUT2D eigenvalue weighted by Gasteiger charge is -2.28. The highest BCUT2D eigenvalue weighted by Gasteiger charge is 2.19. The number of hydrogen-bond acceptors (Lipinski definition) is 1. The second-order valence-corrected chi connectivity index (χ2v) is 6.21. The minimum Gasteiger partial charge on any atom is -0.477 e. The van der Waals surface area contributed by atoms with Crippen molar-refractivity contribution in [3.05, 3.63) is 0 Å². The molecular weight excluding hydrogens is 214 g/mol. The normalized spacial score (nSPS) is 18.2. The molecular formula is C14H28NO2+. The monoisotopic (exact) mass is 242 g/mol. The van der Waals surface area contributed by atoms with Crippen molar-refractivity contribution in [1.29, 1.82) is 0 Å². The zero-order valence-electron chi connectivity index (χ0n) is 11.5. The van der Waals surface area contributed by atoms with Crippen molar-refractivity contribution in [3.8, 4) is 0 Å². The zero-order valence-corrected chi connectivity index (χ0v) is 11.5. The van der Waals surface area contributed by atoms with E-state index in [-0.39, 0.29) is 6.54 Å². The van der Waals surface area contributed by atoms with Gasteiger partial charge in [-0.05, 0) is 18.8 Å². The third-order valence-electron chi connectivity index (χ3n) is 3.91. The molecule has 1 aliphatic carbocycles. The molecule has 1 rings (SSSR count). The van der Waals surface area contributed by atoms with Gasteiger partial charge in [-0.15, -0.1) is 0 Å². The number of carboxylic acids is 1. The SMILES string of the molecule is C[N+](C)(CCCCC1CCCCC1)CC(=O)O. The lowest BCUT2D eigenvalue weighted by Crippen LogP contribution is -2.44. The van der Waals surface area contributed by atoms with Crippen LogP contribution in [0.2, 0.25) is 0 Å². The van der Waals surface area contributed by atoms with Gasteiger partial charge in [-0.25, -0.2) is 4.79 Å². The maximum absolute atomic E-state index is 10.7. The van der Waals surface area contributed by atoms with Gasteiger partial charge in [0.15, 0.2) is 6.54 Å². The first-order valence-electron chi connectivity index (χ1n) is 7.03. The first-order chi connectivity index (χ1) is 7.99. The van der Waals surface area contributed by atoms with Crippen LogP contribution in [0.3, 0.4) is 0 Å². The van der Waals surface area contributed by atoms with E-state index in [4.69, 9.17) is 5.11 Å². The van der Waals surface area contributed by atoms with E-state index in [1.54, 1.807) is 0 Å². The summed E-state index contributed by atoms with van der Waals surface area (Å²) in [7, 11) is 4.02. The number of rotatable bonds is 7. The molecule has 0 atom stereocenters. The standard InChI is InChI=1S/C14H27NO2/c1-15(2,12-14(16)17)11-7-6-10-13-8-4-3-5-9-13/h13H,3-12H2,1-2H3/p+1. The van der Waals surface area contributed by atoms with E-state index in [0.717, 1.165) is 18.9 Å². The fourth-order valence-electron chi connectivity index (χ4n) is 2.89. The number of carboxylic acid groups (broad SMARTS) is 1. The molecule has 0 saturated heterocycles. The van der Waals surface area contributed by atoms with Crippen molar-refractivity contribution >= 4 is 5.97 Å². The average molecular weight is 242 g/mol. The number of aliphatic carboxylic acids is 1. The summed E-state index contributed by atoms with van der Waals surface area (Å²) in [4.78, 5) is 10.7. The summed E-state index contributed by atoms with van der Waals surface area (Å²) in [5, 5.41) is 8.79. The Hall–Kier alpha value is -0.570. The molecule has 1 saturated carbocycles. The smallest absolute Gasteiger partial charge is 0.359 e. The molecule has 0 unspecified atom stereocenters. The first kappa shape index (κ1) is 14.5. The highest BCUT2D eigenvalue weighted by atomic mass is 16.4. The number of likely N-dealkylation sites (N-methyl/N-ethyl adjacent to an activating group) is 1. The number of quaternary nitrogens is 1. The van der Waals surface area contributed by atoms with Gasteiger partial charge >= 0.3 is 5.97 Å². The van der Waals surface area contributed by atoms with Crippen LogP contribution in [0, 0.1) is 5.92 Å². The molecule has 100 valence electrons. The molecule has 17 heavy (non-hydrogen) atoms. The quantitative estimate of drug-likeness (QED) is 0.550. The number of unbranched alkanes of at least 4 members (excludes halogenated alkanes) is 1. The van der Waals surface area contributed by atoms with Gasteiger partial charge in [0, 0.05) is 0 Å². The van der Waals surface area contributed by atoms with Crippen LogP contribution in [0.5, 0.6) is 0 Å². The summed E-state index contributed by atoms with van der Waals surface area (Å²) < 4.78 is 0.611. The summed E-state index contributed by atoms with van der Waals surface area (Å²) >= 11 is 0. The largest absolute Gasteiger partial charge is 0.477 e. The molecule has 0 aromatic heterocycles. The van der Waals surface area contributed by atoms with E-state index in [1.165, 1.54) is 44.9 Å². The molecule has 0 aromatic carbocycles. The van der Waals surface area contributed by atoms with Crippen LogP contribution in [-0.4, -0.2) is 42.7 Å². The zero-order chi connectivity index (χ0) is 12.7. The van der Waals surface area contributed by atoms with Crippen molar-refractivity contribution in [2.75, 3.05) is 27.2 Å². The highest BCUT2D eigenvalue weighted by Crippen LogP contribution is 2.27. The van der Waals surface area contributed by atoms with Gasteiger partial charge in [0.1, 0.15) is 0 Å². The molecule has 1 aliphatic rings. The van der Waals surface area contributed by atoms with Gasteiger partial charge in [-0.2, -0.15) is 0 Å². The lowest BCUT2D eigenvalue weighted by molar-refractivity contribution is -0.883. The van der Waals surface area contributed by atoms with Gasteiger partial charge in [0.05, 0.1) is 20.6 Å². The molecule has 0 amide bonds. The fourth-order valence-corrected chi connectivity index (χ4v) is 2.89. The lowest BCUT2D eigenvalue weighted by atomic mass is 9.86. The van der Waals surface area contributed by atoms with E-state index in [0.29, 0.717) is 4.48 Å². The van der Waals surface area contributed by atoms with Crippen molar-refractivity contribution in [2.24, 2.45) is 5.92 Å². The molecule has 0 aromatic rings. The second kappa shape index (κ2) is 7.00. The maximum atomic E-state index is 10.7. The van der Waals surface area contributed by atoms with Gasteiger partial charge in [-0.1, -0.05) is 38.5 Å². The first-order valence-corrected chi connectivity index (χ1v) is 7.03. The number of carbonyl (C=O) groups is 1. The molecule has 1 N–H and O–H groups in total. The molecule has 0 bridgehead atoms. The average Bonchev–Trinajstić information content (AvgIpc) is 2.24. The van der Waals surface area contributed by atoms with Gasteiger partial charge < -0.3 is 9.59 Å². The predicted molar refractivity (Wildman–Crippen MR) is 69.9 cm³/mol. The van der Waals surface area contributed by atoms with E-state index < -0.39 is 5.97 Å². The number of nitrogens with zero attached hydrogens (tertiary/aromatic N) is 1. The second-order valence-electron chi connectivity index (χ2n) is 6.21. The van der Waals surface area contributed by atoms with Gasteiger partial charge in [0.25, 0.3) is 0 Å². The minimum absolute atomic E-state index is 0.240. The van der Waals surface area contributed by atoms with Crippen molar-refractivity contribution in [1.82, 2.24) is 0 Å². The minimum atomic E-state index is -0.692. The maximum Gasteiger partial charge on any atom is 0.359 e. The molecule has 0 aliphatic heterocycles. The Bertz CT molecular complexity index is 232. The topological polar surface area (TPSA) is 37.3 Å². The Balaban J connectivity index is 2.08. The molecule has 0 radical (unpaired) electrons.